The smallest absolute Gasteiger partial charge is 0.331 e. The summed E-state index contributed by atoms with van der Waals surface area (Å²) in [5, 5.41) is 0. The average molecular weight is 359 g/mol. The monoisotopic (exact) mass is 359 g/mol. The summed E-state index contributed by atoms with van der Waals surface area (Å²) in [7, 11) is -5.36. The lowest BCUT2D eigenvalue weighted by molar-refractivity contribution is 0.283. The van der Waals surface area contributed by atoms with Gasteiger partial charge in [0.05, 0.1) is 0 Å². The lowest BCUT2D eigenvalue weighted by Gasteiger charge is -2.13. The number of halogens is 5. The standard InChI is InChI=1S/C6H4F5NO5P2S/c7-1-2(8)4(10)6(5(11)3(1)9)12-18(13,20)17-19(14,15)16/h13,20H,(H2,14,15,16). The topological polar surface area (TPSA) is 99.4 Å². The summed E-state index contributed by atoms with van der Waals surface area (Å²) < 4.78 is 81.3. The Bertz CT molecular complexity index is 629. The van der Waals surface area contributed by atoms with Gasteiger partial charge in [-0.15, -0.1) is 0 Å². The maximum Gasteiger partial charge on any atom is 0.476 e. The quantitative estimate of drug-likeness (QED) is 0.219. The van der Waals surface area contributed by atoms with E-state index < -0.39 is 49.3 Å². The van der Waals surface area contributed by atoms with Gasteiger partial charge in [0.15, 0.2) is 23.3 Å². The number of rotatable bonds is 3. The maximum absolute atomic E-state index is 13.2. The zero-order chi connectivity index (χ0) is 15.9. The number of phosphoric acid groups is 1. The van der Waals surface area contributed by atoms with Gasteiger partial charge in [-0.25, -0.2) is 35.6 Å². The molecule has 1 aromatic rings. The van der Waals surface area contributed by atoms with Crippen molar-refractivity contribution in [3.05, 3.63) is 29.1 Å². The van der Waals surface area contributed by atoms with Gasteiger partial charge in [-0.2, -0.15) is 0 Å². The molecular weight excluding hydrogens is 355 g/mol. The van der Waals surface area contributed by atoms with Gasteiger partial charge in [-0.05, 0) is 0 Å². The molecule has 114 valence electrons. The predicted molar refractivity (Wildman–Crippen MR) is 59.6 cm³/mol. The van der Waals surface area contributed by atoms with Gasteiger partial charge in [0.1, 0.15) is 5.69 Å². The molecule has 3 N–H and O–H groups in total. The minimum atomic E-state index is -5.36. The van der Waals surface area contributed by atoms with Crippen molar-refractivity contribution in [3.8, 4) is 0 Å². The summed E-state index contributed by atoms with van der Waals surface area (Å²) >= 11 is 3.09. The van der Waals surface area contributed by atoms with E-state index in [9.17, 15) is 31.4 Å². The van der Waals surface area contributed by atoms with Crippen LogP contribution in [0.25, 0.3) is 0 Å². The number of benzene rings is 1. The lowest BCUT2D eigenvalue weighted by Crippen LogP contribution is -2.00. The molecule has 0 amide bonds. The van der Waals surface area contributed by atoms with Crippen LogP contribution in [0.5, 0.6) is 0 Å². The van der Waals surface area contributed by atoms with E-state index in [1.54, 1.807) is 0 Å². The summed E-state index contributed by atoms with van der Waals surface area (Å²) in [6.45, 7) is -4.77. The minimum absolute atomic E-state index is 1.86. The van der Waals surface area contributed by atoms with Gasteiger partial charge in [-0.1, -0.05) is 12.2 Å². The van der Waals surface area contributed by atoms with Crippen LogP contribution in [0.4, 0.5) is 27.6 Å². The molecule has 0 bridgehead atoms. The molecule has 1 rings (SSSR count). The predicted octanol–water partition coefficient (Wildman–Crippen LogP) is 2.99. The number of hydrogen-bond acceptors (Lipinski definition) is 3. The van der Waals surface area contributed by atoms with Gasteiger partial charge < -0.3 is 14.7 Å². The lowest BCUT2D eigenvalue weighted by atomic mass is 10.2. The third kappa shape index (κ3) is 4.01. The van der Waals surface area contributed by atoms with Crippen molar-refractivity contribution in [2.45, 2.75) is 0 Å². The molecule has 0 fully saturated rings. The normalized spacial score (nSPS) is 15.1. The minimum Gasteiger partial charge on any atom is -0.331 e. The molecule has 1 atom stereocenters. The highest BCUT2D eigenvalue weighted by Gasteiger charge is 2.30. The molecule has 0 aliphatic carbocycles. The van der Waals surface area contributed by atoms with E-state index in [1.807, 2.05) is 0 Å². The number of thiol groups is 1. The van der Waals surface area contributed by atoms with Crippen LogP contribution in [0.1, 0.15) is 0 Å². The summed E-state index contributed by atoms with van der Waals surface area (Å²) in [5.74, 6) is -12.0. The van der Waals surface area contributed by atoms with Crippen molar-refractivity contribution in [1.82, 2.24) is 0 Å². The third-order valence-electron chi connectivity index (χ3n) is 1.63. The Balaban J connectivity index is 3.53. The molecule has 6 nitrogen and oxygen atoms in total. The van der Waals surface area contributed by atoms with Crippen molar-refractivity contribution in [1.29, 1.82) is 0 Å². The van der Waals surface area contributed by atoms with Crippen molar-refractivity contribution in [2.75, 3.05) is 0 Å². The Morgan fingerprint density at radius 2 is 1.25 bits per heavy atom. The second-order valence-corrected chi connectivity index (χ2v) is 7.53. The first-order valence-electron chi connectivity index (χ1n) is 4.22. The van der Waals surface area contributed by atoms with E-state index in [-0.39, 0.29) is 0 Å². The highest BCUT2D eigenvalue weighted by Crippen LogP contribution is 2.64. The molecule has 0 aliphatic heterocycles. The van der Waals surface area contributed by atoms with Crippen molar-refractivity contribution in [3.63, 3.8) is 0 Å². The van der Waals surface area contributed by atoms with Crippen LogP contribution in [0.15, 0.2) is 4.74 Å². The highest BCUT2D eigenvalue weighted by molar-refractivity contribution is 8.45. The third-order valence-corrected chi connectivity index (χ3v) is 4.75. The van der Waals surface area contributed by atoms with Crippen molar-refractivity contribution in [2.24, 2.45) is 4.74 Å². The van der Waals surface area contributed by atoms with Crippen LogP contribution < -0.4 is 0 Å². The second-order valence-electron chi connectivity index (χ2n) is 3.10. The fourth-order valence-corrected chi connectivity index (χ4v) is 3.82. The summed E-state index contributed by atoms with van der Waals surface area (Å²) in [4.78, 5) is 26.0. The highest BCUT2D eigenvalue weighted by atomic mass is 32.7. The number of hydrogen-bond donors (Lipinski definition) is 4. The van der Waals surface area contributed by atoms with Crippen LogP contribution in [-0.4, -0.2) is 14.7 Å². The fraction of sp³-hybridized carbons (Fsp3) is 0. The molecular formula is C6H4F5NO5P2S. The van der Waals surface area contributed by atoms with Gasteiger partial charge in [0.25, 0.3) is 6.71 Å². The second kappa shape index (κ2) is 5.72. The molecule has 0 saturated carbocycles. The Morgan fingerprint density at radius 3 is 1.60 bits per heavy atom. The first-order valence-corrected chi connectivity index (χ1v) is 8.51. The van der Waals surface area contributed by atoms with E-state index in [1.165, 1.54) is 0 Å². The van der Waals surface area contributed by atoms with Crippen LogP contribution in [0.2, 0.25) is 0 Å². The van der Waals surface area contributed by atoms with E-state index >= 15 is 0 Å². The van der Waals surface area contributed by atoms with Crippen LogP contribution in [0, 0.1) is 29.1 Å². The van der Waals surface area contributed by atoms with E-state index in [4.69, 9.17) is 9.79 Å². The fourth-order valence-electron chi connectivity index (χ4n) is 0.972. The molecule has 1 unspecified atom stereocenters. The van der Waals surface area contributed by atoms with Gasteiger partial charge in [0.2, 0.25) is 5.82 Å². The molecule has 14 heteroatoms. The van der Waals surface area contributed by atoms with Gasteiger partial charge in [-0.3, -0.25) is 0 Å². The maximum atomic E-state index is 13.2. The molecule has 0 heterocycles. The van der Waals surface area contributed by atoms with Gasteiger partial charge in [0, 0.05) is 0 Å². The van der Waals surface area contributed by atoms with Crippen LogP contribution in [-0.2, 0) is 8.88 Å². The van der Waals surface area contributed by atoms with E-state index in [2.05, 4.69) is 21.3 Å². The first-order chi connectivity index (χ1) is 8.86. The van der Waals surface area contributed by atoms with Gasteiger partial charge >= 0.3 is 7.82 Å². The molecule has 1 aromatic carbocycles. The summed E-state index contributed by atoms with van der Waals surface area (Å²) in [6.07, 6.45) is 0. The Labute approximate surface area is 112 Å². The van der Waals surface area contributed by atoms with E-state index in [0.29, 0.717) is 0 Å². The van der Waals surface area contributed by atoms with Crippen LogP contribution in [0.3, 0.4) is 0 Å². The SMILES string of the molecule is O=P(O)(O)OP(O)(S)=Nc1c(F)c(F)c(F)c(F)c1F. The molecule has 0 aromatic heterocycles. The Morgan fingerprint density at radius 1 is 0.900 bits per heavy atom. The summed E-state index contributed by atoms with van der Waals surface area (Å²) in [6, 6.07) is 0. The Kier molecular flexibility index (Phi) is 5.03. The van der Waals surface area contributed by atoms with Crippen molar-refractivity contribution >= 4 is 32.5 Å². The van der Waals surface area contributed by atoms with E-state index in [0.717, 1.165) is 0 Å². The molecule has 0 radical (unpaired) electrons. The number of nitrogens with zero attached hydrogens (tertiary/aromatic N) is 1. The van der Waals surface area contributed by atoms with Crippen LogP contribution >= 0.6 is 26.8 Å². The average Bonchev–Trinajstić information content (AvgIpc) is 2.26. The molecule has 0 saturated heterocycles. The molecule has 0 aliphatic rings. The van der Waals surface area contributed by atoms with Crippen molar-refractivity contribution < 1.29 is 45.5 Å². The zero-order valence-electron chi connectivity index (χ0n) is 8.84. The molecule has 20 heavy (non-hydrogen) atoms. The zero-order valence-corrected chi connectivity index (χ0v) is 11.5. The molecule has 0 spiro atoms. The Hall–Kier alpha value is -0.480. The first kappa shape index (κ1) is 17.6. The summed E-state index contributed by atoms with van der Waals surface area (Å²) in [5.41, 5.74) is -1.86. The largest absolute Gasteiger partial charge is 0.476 e.